The fraction of sp³-hybridized carbons (Fsp3) is 0.441. The highest BCUT2D eigenvalue weighted by atomic mass is 32.2. The number of nitriles is 1. The van der Waals surface area contributed by atoms with E-state index in [0.29, 0.717) is 5.56 Å². The Hall–Kier alpha value is -4.92. The summed E-state index contributed by atoms with van der Waals surface area (Å²) in [6, 6.07) is 12.9. The number of nitrogens with one attached hydrogen (secondary N) is 1. The van der Waals surface area contributed by atoms with Crippen LogP contribution in [0.4, 0.5) is 26.3 Å². The van der Waals surface area contributed by atoms with Gasteiger partial charge in [-0.2, -0.15) is 36.7 Å². The van der Waals surface area contributed by atoms with E-state index < -0.39 is 67.2 Å². The molecule has 2 aromatic carbocycles. The summed E-state index contributed by atoms with van der Waals surface area (Å²) in [5.41, 5.74) is -4.94. The lowest BCUT2D eigenvalue weighted by atomic mass is 9.70. The Morgan fingerprint density at radius 3 is 2.15 bits per heavy atom. The number of rotatable bonds is 8. The molecule has 7 rings (SSSR count). The molecule has 11 nitrogen and oxygen atoms in total. The van der Waals surface area contributed by atoms with Crippen molar-refractivity contribution in [3.05, 3.63) is 83.2 Å². The Morgan fingerprint density at radius 2 is 1.58 bits per heavy atom. The number of sulfonamides is 1. The van der Waals surface area contributed by atoms with Gasteiger partial charge in [-0.15, -0.1) is 0 Å². The summed E-state index contributed by atoms with van der Waals surface area (Å²) in [5, 5.41) is 13.2. The van der Waals surface area contributed by atoms with Gasteiger partial charge in [-0.3, -0.25) is 19.1 Å². The summed E-state index contributed by atoms with van der Waals surface area (Å²) in [6.45, 7) is -1.02. The third kappa shape index (κ3) is 5.88. The van der Waals surface area contributed by atoms with E-state index in [9.17, 15) is 49.1 Å². The molecular formula is C34H30F6N6O5S. The minimum absolute atomic E-state index is 0.106. The molecule has 3 aromatic rings. The number of benzene rings is 2. The van der Waals surface area contributed by atoms with Crippen molar-refractivity contribution in [2.24, 2.45) is 16.7 Å². The Balaban J connectivity index is 1.11. The number of carbonyl (C=O) groups is 3. The SMILES string of the molecule is N#Cc1ccc(Cn2cc(C(=O)N3CC(C(=O)NS(=O)(=O)c4cccc(C5(C(F)(F)F)CC5)c4)C4(C3)CN(C(=O)C3(C(F)(F)F)CC3)C4)cn2)cc1. The van der Waals surface area contributed by atoms with Crippen LogP contribution in [-0.2, 0) is 31.6 Å². The van der Waals surface area contributed by atoms with Gasteiger partial charge in [-0.1, -0.05) is 24.3 Å². The van der Waals surface area contributed by atoms with Crippen LogP contribution in [0.1, 0.15) is 52.7 Å². The molecule has 3 amide bonds. The minimum atomic E-state index is -4.78. The van der Waals surface area contributed by atoms with Crippen LogP contribution in [0, 0.1) is 28.1 Å². The van der Waals surface area contributed by atoms with Crippen molar-refractivity contribution >= 4 is 27.7 Å². The van der Waals surface area contributed by atoms with Crippen LogP contribution < -0.4 is 4.72 Å². The van der Waals surface area contributed by atoms with Gasteiger partial charge < -0.3 is 9.80 Å². The van der Waals surface area contributed by atoms with Crippen molar-refractivity contribution in [3.63, 3.8) is 0 Å². The minimum Gasteiger partial charge on any atom is -0.340 e. The van der Waals surface area contributed by atoms with Crippen molar-refractivity contribution < 1.29 is 49.1 Å². The molecule has 3 heterocycles. The number of aromatic nitrogens is 2. The first kappa shape index (κ1) is 35.5. The predicted octanol–water partition coefficient (Wildman–Crippen LogP) is 4.15. The maximum atomic E-state index is 13.8. The van der Waals surface area contributed by atoms with Gasteiger partial charge in [0.1, 0.15) is 5.41 Å². The van der Waals surface area contributed by atoms with E-state index in [0.717, 1.165) is 34.7 Å². The van der Waals surface area contributed by atoms with Crippen LogP contribution in [0.15, 0.2) is 65.8 Å². The van der Waals surface area contributed by atoms with Crippen LogP contribution in [0.2, 0.25) is 0 Å². The molecule has 2 aliphatic carbocycles. The molecule has 1 atom stereocenters. The third-order valence-electron chi connectivity index (χ3n) is 10.8. The summed E-state index contributed by atoms with van der Waals surface area (Å²) >= 11 is 0. The maximum Gasteiger partial charge on any atom is 0.403 e. The number of carbonyl (C=O) groups excluding carboxylic acids is 3. The average Bonchev–Trinajstić information content (AvgIpc) is 3.98. The average molecular weight is 749 g/mol. The van der Waals surface area contributed by atoms with Crippen molar-refractivity contribution in [2.45, 2.75) is 54.9 Å². The van der Waals surface area contributed by atoms with Crippen LogP contribution in [-0.4, -0.2) is 84.3 Å². The Kier molecular flexibility index (Phi) is 8.05. The predicted molar refractivity (Wildman–Crippen MR) is 167 cm³/mol. The zero-order chi connectivity index (χ0) is 37.5. The highest BCUT2D eigenvalue weighted by molar-refractivity contribution is 7.90. The number of halogens is 6. The van der Waals surface area contributed by atoms with E-state index in [2.05, 4.69) is 5.10 Å². The quantitative estimate of drug-likeness (QED) is 0.341. The molecule has 2 aliphatic heterocycles. The van der Waals surface area contributed by atoms with Crippen molar-refractivity contribution in [3.8, 4) is 6.07 Å². The van der Waals surface area contributed by atoms with Crippen LogP contribution >= 0.6 is 0 Å². The summed E-state index contributed by atoms with van der Waals surface area (Å²) in [7, 11) is -4.75. The second-order valence-electron chi connectivity index (χ2n) is 14.2. The molecule has 18 heteroatoms. The first-order valence-electron chi connectivity index (χ1n) is 16.2. The molecule has 1 spiro atoms. The molecule has 0 bridgehead atoms. The fourth-order valence-corrected chi connectivity index (χ4v) is 8.47. The number of amides is 3. The number of hydrogen-bond donors (Lipinski definition) is 1. The first-order valence-corrected chi connectivity index (χ1v) is 17.7. The van der Waals surface area contributed by atoms with Crippen LogP contribution in [0.5, 0.6) is 0 Å². The van der Waals surface area contributed by atoms with Gasteiger partial charge >= 0.3 is 12.4 Å². The smallest absolute Gasteiger partial charge is 0.340 e. The molecule has 52 heavy (non-hydrogen) atoms. The highest BCUT2D eigenvalue weighted by Gasteiger charge is 2.72. The normalized spacial score (nSPS) is 21.3. The van der Waals surface area contributed by atoms with Crippen LogP contribution in [0.3, 0.4) is 0 Å². The molecule has 2 saturated heterocycles. The molecular weight excluding hydrogens is 718 g/mol. The van der Waals surface area contributed by atoms with Gasteiger partial charge in [0, 0.05) is 37.8 Å². The lowest BCUT2D eigenvalue weighted by molar-refractivity contribution is -0.205. The van der Waals surface area contributed by atoms with E-state index in [1.54, 1.807) is 24.3 Å². The largest absolute Gasteiger partial charge is 0.403 e. The molecule has 1 aromatic heterocycles. The van der Waals surface area contributed by atoms with Gasteiger partial charge in [0.05, 0.1) is 46.2 Å². The molecule has 1 N–H and O–H groups in total. The first-order chi connectivity index (χ1) is 24.3. The third-order valence-corrected chi connectivity index (χ3v) is 12.1. The fourth-order valence-electron chi connectivity index (χ4n) is 7.41. The Morgan fingerprint density at radius 1 is 0.923 bits per heavy atom. The lowest BCUT2D eigenvalue weighted by Crippen LogP contribution is -2.66. The van der Waals surface area contributed by atoms with Crippen molar-refractivity contribution in [1.29, 1.82) is 5.26 Å². The summed E-state index contributed by atoms with van der Waals surface area (Å²) in [6.07, 6.45) is -7.88. The number of nitrogens with zero attached hydrogens (tertiary/aromatic N) is 5. The Bertz CT molecular complexity index is 2110. The number of hydrogen-bond acceptors (Lipinski definition) is 7. The van der Waals surface area contributed by atoms with E-state index in [4.69, 9.17) is 5.26 Å². The molecule has 4 aliphatic rings. The maximum absolute atomic E-state index is 13.8. The number of likely N-dealkylation sites (tertiary alicyclic amines) is 2. The van der Waals surface area contributed by atoms with Crippen molar-refractivity contribution in [2.75, 3.05) is 26.2 Å². The molecule has 274 valence electrons. The molecule has 1 unspecified atom stereocenters. The second kappa shape index (κ2) is 11.8. The Labute approximate surface area is 293 Å². The summed E-state index contributed by atoms with van der Waals surface area (Å²) in [4.78, 5) is 42.1. The van der Waals surface area contributed by atoms with Gasteiger partial charge in [0.25, 0.3) is 15.9 Å². The summed E-state index contributed by atoms with van der Waals surface area (Å²) in [5.74, 6) is -4.17. The van der Waals surface area contributed by atoms with E-state index >= 15 is 0 Å². The molecule has 4 fully saturated rings. The van der Waals surface area contributed by atoms with E-state index in [1.807, 2.05) is 10.8 Å². The zero-order valence-electron chi connectivity index (χ0n) is 27.2. The molecule has 2 saturated carbocycles. The van der Waals surface area contributed by atoms with E-state index in [-0.39, 0.29) is 69.5 Å². The monoisotopic (exact) mass is 748 g/mol. The summed E-state index contributed by atoms with van der Waals surface area (Å²) < 4.78 is 113. The van der Waals surface area contributed by atoms with Gasteiger partial charge in [-0.05, 0) is 61.1 Å². The highest BCUT2D eigenvalue weighted by Crippen LogP contribution is 2.61. The zero-order valence-corrected chi connectivity index (χ0v) is 28.0. The standard InChI is InChI=1S/C34H30F6N6O5S/c35-33(36,37)31(8-9-31)24-2-1-3-25(12-24)52(50,51)43-27(47)26-17-44(18-30(26)19-45(20-30)29(49)32(10-11-32)34(38,39)40)28(48)23-14-42-46(16-23)15-22-6-4-21(13-41)5-7-22/h1-7,12,14,16,26H,8-11,15,17-20H2,(H,43,47). The lowest BCUT2D eigenvalue weighted by Gasteiger charge is -2.51. The van der Waals surface area contributed by atoms with Gasteiger partial charge in [-0.25, -0.2) is 13.1 Å². The van der Waals surface area contributed by atoms with Gasteiger partial charge in [0.15, 0.2) is 0 Å². The van der Waals surface area contributed by atoms with Crippen molar-refractivity contribution in [1.82, 2.24) is 24.3 Å². The van der Waals surface area contributed by atoms with Gasteiger partial charge in [0.2, 0.25) is 11.8 Å². The topological polar surface area (TPSA) is 145 Å². The van der Waals surface area contributed by atoms with E-state index in [1.165, 1.54) is 22.0 Å². The second-order valence-corrected chi connectivity index (χ2v) is 15.8. The molecule has 0 radical (unpaired) electrons. The van der Waals surface area contributed by atoms with Crippen LogP contribution in [0.25, 0.3) is 0 Å². The number of alkyl halides is 6.